The van der Waals surface area contributed by atoms with Gasteiger partial charge in [0.05, 0.1) is 18.5 Å². The van der Waals surface area contributed by atoms with Gasteiger partial charge in [0.1, 0.15) is 23.1 Å². The van der Waals surface area contributed by atoms with Crippen molar-refractivity contribution in [3.05, 3.63) is 42.1 Å². The van der Waals surface area contributed by atoms with Gasteiger partial charge < -0.3 is 24.8 Å². The summed E-state index contributed by atoms with van der Waals surface area (Å²) >= 11 is 0. The van der Waals surface area contributed by atoms with E-state index in [4.69, 9.17) is 14.2 Å². The number of nitrogens with one attached hydrogen (secondary N) is 2. The van der Waals surface area contributed by atoms with Gasteiger partial charge >= 0.3 is 6.09 Å². The average Bonchev–Trinajstić information content (AvgIpc) is 3.00. The van der Waals surface area contributed by atoms with E-state index in [0.29, 0.717) is 30.3 Å². The SMILES string of the molecule is CC[C@@H](NC(=O)OC(C)(C)C)C(=O)Nc1ccc(Oc2ccc3c(c2)C(C)(C)CO3)nc1. The van der Waals surface area contributed by atoms with Crippen molar-refractivity contribution in [2.45, 2.75) is 65.0 Å². The van der Waals surface area contributed by atoms with Crippen LogP contribution in [0.1, 0.15) is 53.5 Å². The van der Waals surface area contributed by atoms with Crippen molar-refractivity contribution in [1.82, 2.24) is 10.3 Å². The lowest BCUT2D eigenvalue weighted by Crippen LogP contribution is -2.45. The lowest BCUT2D eigenvalue weighted by atomic mass is 9.87. The molecule has 0 spiro atoms. The predicted molar refractivity (Wildman–Crippen MR) is 121 cm³/mol. The summed E-state index contributed by atoms with van der Waals surface area (Å²) in [5.41, 5.74) is 0.886. The zero-order valence-electron chi connectivity index (χ0n) is 19.4. The van der Waals surface area contributed by atoms with Crippen molar-refractivity contribution in [1.29, 1.82) is 0 Å². The molecule has 8 heteroatoms. The average molecular weight is 442 g/mol. The van der Waals surface area contributed by atoms with Gasteiger partial charge in [-0.1, -0.05) is 20.8 Å². The summed E-state index contributed by atoms with van der Waals surface area (Å²) in [6.07, 6.45) is 1.29. The third-order valence-corrected chi connectivity index (χ3v) is 4.91. The quantitative estimate of drug-likeness (QED) is 0.669. The van der Waals surface area contributed by atoms with Gasteiger partial charge in [-0.15, -0.1) is 0 Å². The molecule has 3 rings (SSSR count). The maximum Gasteiger partial charge on any atom is 0.408 e. The Morgan fingerprint density at radius 1 is 1.22 bits per heavy atom. The highest BCUT2D eigenvalue weighted by Crippen LogP contribution is 2.40. The monoisotopic (exact) mass is 441 g/mol. The predicted octanol–water partition coefficient (Wildman–Crippen LogP) is 4.79. The minimum atomic E-state index is -0.724. The first kappa shape index (κ1) is 23.4. The van der Waals surface area contributed by atoms with Gasteiger partial charge in [-0.05, 0) is 51.5 Å². The first-order valence-electron chi connectivity index (χ1n) is 10.7. The van der Waals surface area contributed by atoms with Crippen LogP contribution < -0.4 is 20.1 Å². The Morgan fingerprint density at radius 3 is 2.59 bits per heavy atom. The van der Waals surface area contributed by atoms with Crippen LogP contribution in [0, 0.1) is 0 Å². The molecule has 1 aromatic heterocycles. The number of amides is 2. The molecule has 1 aliphatic heterocycles. The first-order valence-corrected chi connectivity index (χ1v) is 10.7. The zero-order valence-corrected chi connectivity index (χ0v) is 19.4. The van der Waals surface area contributed by atoms with Crippen molar-refractivity contribution in [3.63, 3.8) is 0 Å². The summed E-state index contributed by atoms with van der Waals surface area (Å²) in [4.78, 5) is 28.8. The molecular weight excluding hydrogens is 410 g/mol. The van der Waals surface area contributed by atoms with Crippen molar-refractivity contribution < 1.29 is 23.8 Å². The van der Waals surface area contributed by atoms with Crippen LogP contribution in [0.2, 0.25) is 0 Å². The number of alkyl carbamates (subject to hydrolysis) is 1. The molecule has 1 aromatic carbocycles. The molecule has 1 aliphatic rings. The third-order valence-electron chi connectivity index (χ3n) is 4.91. The second-order valence-corrected chi connectivity index (χ2v) is 9.41. The van der Waals surface area contributed by atoms with E-state index in [2.05, 4.69) is 29.5 Å². The molecule has 0 saturated heterocycles. The Balaban J connectivity index is 1.60. The van der Waals surface area contributed by atoms with E-state index in [-0.39, 0.29) is 11.3 Å². The van der Waals surface area contributed by atoms with Crippen LogP contribution in [0.5, 0.6) is 17.4 Å². The smallest absolute Gasteiger partial charge is 0.408 e. The molecule has 0 radical (unpaired) electrons. The Labute approximate surface area is 188 Å². The molecule has 0 bridgehead atoms. The second-order valence-electron chi connectivity index (χ2n) is 9.41. The summed E-state index contributed by atoms with van der Waals surface area (Å²) in [7, 11) is 0. The van der Waals surface area contributed by atoms with E-state index < -0.39 is 17.7 Å². The number of rotatable bonds is 6. The highest BCUT2D eigenvalue weighted by molar-refractivity contribution is 5.96. The number of nitrogens with zero attached hydrogens (tertiary/aromatic N) is 1. The molecule has 32 heavy (non-hydrogen) atoms. The Bertz CT molecular complexity index is 980. The van der Waals surface area contributed by atoms with Crippen molar-refractivity contribution in [3.8, 4) is 17.4 Å². The van der Waals surface area contributed by atoms with E-state index in [1.165, 1.54) is 6.20 Å². The fourth-order valence-corrected chi connectivity index (χ4v) is 3.23. The Kier molecular flexibility index (Phi) is 6.62. The maximum absolute atomic E-state index is 12.5. The number of fused-ring (bicyclic) bond motifs is 1. The summed E-state index contributed by atoms with van der Waals surface area (Å²) < 4.78 is 16.8. The molecule has 0 unspecified atom stereocenters. The van der Waals surface area contributed by atoms with Crippen molar-refractivity contribution in [2.75, 3.05) is 11.9 Å². The molecule has 0 fully saturated rings. The molecular formula is C24H31N3O5. The number of pyridine rings is 1. The van der Waals surface area contributed by atoms with Gasteiger partial charge in [0.2, 0.25) is 11.8 Å². The summed E-state index contributed by atoms with van der Waals surface area (Å²) in [6.45, 7) is 12.0. The fraction of sp³-hybridized carbons (Fsp3) is 0.458. The second kappa shape index (κ2) is 9.06. The van der Waals surface area contributed by atoms with E-state index >= 15 is 0 Å². The van der Waals surface area contributed by atoms with Crippen LogP contribution in [-0.4, -0.2) is 35.2 Å². The topological polar surface area (TPSA) is 98.8 Å². The number of anilines is 1. The number of aromatic nitrogens is 1. The van der Waals surface area contributed by atoms with Gasteiger partial charge in [-0.3, -0.25) is 4.79 Å². The highest BCUT2D eigenvalue weighted by Gasteiger charge is 2.32. The zero-order chi connectivity index (χ0) is 23.5. The molecule has 2 N–H and O–H groups in total. The lowest BCUT2D eigenvalue weighted by molar-refractivity contribution is -0.118. The van der Waals surface area contributed by atoms with E-state index in [1.54, 1.807) is 39.8 Å². The molecule has 0 aliphatic carbocycles. The standard InChI is InChI=1S/C24H31N3O5/c1-7-18(27-22(29)32-23(2,3)4)21(28)26-15-8-11-20(25-13-15)31-16-9-10-19-17(12-16)24(5,6)14-30-19/h8-13,18H,7,14H2,1-6H3,(H,26,28)(H,27,29)/t18-/m1/s1. The third kappa shape index (κ3) is 5.90. The molecule has 0 saturated carbocycles. The van der Waals surface area contributed by atoms with Crippen LogP contribution >= 0.6 is 0 Å². The highest BCUT2D eigenvalue weighted by atomic mass is 16.6. The number of benzene rings is 1. The lowest BCUT2D eigenvalue weighted by Gasteiger charge is -2.22. The van der Waals surface area contributed by atoms with Gasteiger partial charge in [-0.25, -0.2) is 9.78 Å². The largest absolute Gasteiger partial charge is 0.492 e. The minimum Gasteiger partial charge on any atom is -0.492 e. The number of hydrogen-bond donors (Lipinski definition) is 2. The molecule has 2 amide bonds. The number of carbonyl (C=O) groups is 2. The van der Waals surface area contributed by atoms with Crippen LogP contribution in [0.15, 0.2) is 36.5 Å². The first-order chi connectivity index (χ1) is 15.0. The molecule has 2 aromatic rings. The van der Waals surface area contributed by atoms with E-state index in [9.17, 15) is 9.59 Å². The van der Waals surface area contributed by atoms with Gasteiger partial charge in [0.25, 0.3) is 0 Å². The van der Waals surface area contributed by atoms with Gasteiger partial charge in [-0.2, -0.15) is 0 Å². The minimum absolute atomic E-state index is 0.0700. The van der Waals surface area contributed by atoms with Gasteiger partial charge in [0, 0.05) is 17.0 Å². The number of carbonyl (C=O) groups excluding carboxylic acids is 2. The molecule has 2 heterocycles. The van der Waals surface area contributed by atoms with Crippen molar-refractivity contribution >= 4 is 17.7 Å². The summed E-state index contributed by atoms with van der Waals surface area (Å²) in [6, 6.07) is 8.35. The van der Waals surface area contributed by atoms with E-state index in [0.717, 1.165) is 11.3 Å². The fourth-order valence-electron chi connectivity index (χ4n) is 3.23. The van der Waals surface area contributed by atoms with Crippen LogP contribution in [-0.2, 0) is 14.9 Å². The summed E-state index contributed by atoms with van der Waals surface area (Å²) in [5.74, 6) is 1.59. The number of hydrogen-bond acceptors (Lipinski definition) is 6. The van der Waals surface area contributed by atoms with Crippen LogP contribution in [0.25, 0.3) is 0 Å². The Hall–Kier alpha value is -3.29. The normalized spacial score (nSPS) is 15.2. The molecule has 172 valence electrons. The van der Waals surface area contributed by atoms with E-state index in [1.807, 2.05) is 18.2 Å². The Morgan fingerprint density at radius 2 is 1.97 bits per heavy atom. The van der Waals surface area contributed by atoms with Gasteiger partial charge in [0.15, 0.2) is 0 Å². The summed E-state index contributed by atoms with van der Waals surface area (Å²) in [5, 5.41) is 5.34. The molecule has 1 atom stereocenters. The van der Waals surface area contributed by atoms with Crippen molar-refractivity contribution in [2.24, 2.45) is 0 Å². The molecule has 8 nitrogen and oxygen atoms in total. The van der Waals surface area contributed by atoms with Crippen LogP contribution in [0.4, 0.5) is 10.5 Å². The maximum atomic E-state index is 12.5. The number of ether oxygens (including phenoxy) is 3. The van der Waals surface area contributed by atoms with Crippen LogP contribution in [0.3, 0.4) is 0 Å².